The molecule has 40 heavy (non-hydrogen) atoms. The van der Waals surface area contributed by atoms with Crippen molar-refractivity contribution in [3.05, 3.63) is 90.6 Å². The number of hydrogen-bond acceptors (Lipinski definition) is 7. The molecule has 12 heteroatoms. The molecule has 1 amide bonds. The molecule has 0 atom stereocenters. The largest absolute Gasteiger partial charge is 0.573 e. The Hall–Kier alpha value is -5.00. The summed E-state index contributed by atoms with van der Waals surface area (Å²) in [6.07, 6.45) is -2.30. The number of aliphatic hydroxyl groups excluding tert-OH is 1. The van der Waals surface area contributed by atoms with Gasteiger partial charge in [-0.05, 0) is 78.2 Å². The van der Waals surface area contributed by atoms with E-state index in [1.165, 1.54) is 35.3 Å². The average molecular weight is 554 g/mol. The average Bonchev–Trinajstić information content (AvgIpc) is 3.39. The van der Waals surface area contributed by atoms with Crippen LogP contribution in [0.15, 0.2) is 85.0 Å². The van der Waals surface area contributed by atoms with Crippen LogP contribution >= 0.6 is 0 Å². The lowest BCUT2D eigenvalue weighted by atomic mass is 10.0. The number of ether oxygens (including phenoxy) is 2. The van der Waals surface area contributed by atoms with Crippen LogP contribution in [0.1, 0.15) is 25.3 Å². The Labute approximate surface area is 227 Å². The number of nitrogens with one attached hydrogen (secondary N) is 2. The summed E-state index contributed by atoms with van der Waals surface area (Å²) in [6, 6.07) is 17.3. The molecular weight excluding hydrogens is 527 g/mol. The Morgan fingerprint density at radius 1 is 1.00 bits per heavy atom. The summed E-state index contributed by atoms with van der Waals surface area (Å²) in [5.74, 6) is 0.00284. The number of hydrogen-bond donors (Lipinski definition) is 3. The Morgan fingerprint density at radius 2 is 1.68 bits per heavy atom. The monoisotopic (exact) mass is 553 g/mol. The highest BCUT2D eigenvalue weighted by atomic mass is 19.4. The molecular formula is C28H26F3N5O4. The van der Waals surface area contributed by atoms with Crippen LogP contribution in [-0.2, 0) is 4.79 Å². The van der Waals surface area contributed by atoms with E-state index in [-0.39, 0.29) is 17.6 Å². The first kappa shape index (κ1) is 28.0. The maximum Gasteiger partial charge on any atom is 0.573 e. The fourth-order valence-corrected chi connectivity index (χ4v) is 3.76. The smallest absolute Gasteiger partial charge is 0.497 e. The normalized spacial score (nSPS) is 11.8. The van der Waals surface area contributed by atoms with Crippen LogP contribution in [0, 0.1) is 0 Å². The van der Waals surface area contributed by atoms with Gasteiger partial charge in [-0.1, -0.05) is 13.8 Å². The Morgan fingerprint density at radius 3 is 2.30 bits per heavy atom. The van der Waals surface area contributed by atoms with Gasteiger partial charge in [-0.25, -0.2) is 9.67 Å². The van der Waals surface area contributed by atoms with Gasteiger partial charge in [-0.15, -0.1) is 18.3 Å². The van der Waals surface area contributed by atoms with Crippen molar-refractivity contribution in [3.63, 3.8) is 0 Å². The second-order valence-electron chi connectivity index (χ2n) is 8.88. The van der Waals surface area contributed by atoms with Crippen LogP contribution in [0.25, 0.3) is 17.1 Å². The van der Waals surface area contributed by atoms with E-state index in [1.54, 1.807) is 43.5 Å². The van der Waals surface area contributed by atoms with Crippen molar-refractivity contribution >= 4 is 17.3 Å². The number of benzene rings is 3. The van der Waals surface area contributed by atoms with E-state index in [2.05, 4.69) is 25.5 Å². The molecule has 1 aromatic heterocycles. The third-order valence-corrected chi connectivity index (χ3v) is 5.65. The van der Waals surface area contributed by atoms with Crippen LogP contribution in [0.2, 0.25) is 0 Å². The van der Waals surface area contributed by atoms with Gasteiger partial charge in [0.15, 0.2) is 11.7 Å². The number of rotatable bonds is 9. The van der Waals surface area contributed by atoms with Gasteiger partial charge in [0.1, 0.15) is 17.8 Å². The molecule has 0 saturated heterocycles. The van der Waals surface area contributed by atoms with Crippen LogP contribution in [0.5, 0.6) is 11.5 Å². The Kier molecular flexibility index (Phi) is 8.27. The number of aliphatic hydroxyl groups is 1. The quantitative estimate of drug-likeness (QED) is 0.162. The summed E-state index contributed by atoms with van der Waals surface area (Å²) in [7, 11) is 1.58. The van der Waals surface area contributed by atoms with Gasteiger partial charge in [-0.3, -0.25) is 4.79 Å². The predicted molar refractivity (Wildman–Crippen MR) is 144 cm³/mol. The summed E-state index contributed by atoms with van der Waals surface area (Å²) in [4.78, 5) is 16.7. The first-order valence-corrected chi connectivity index (χ1v) is 12.1. The fraction of sp³-hybridized carbons (Fsp3) is 0.179. The molecule has 1 heterocycles. The number of halogens is 3. The zero-order chi connectivity index (χ0) is 28.9. The molecule has 0 aliphatic rings. The van der Waals surface area contributed by atoms with Gasteiger partial charge in [0.25, 0.3) is 5.91 Å². The molecule has 0 aliphatic heterocycles. The number of methoxy groups -OCH3 is 1. The predicted octanol–water partition coefficient (Wildman–Crippen LogP) is 6.41. The van der Waals surface area contributed by atoms with E-state index in [1.807, 2.05) is 19.9 Å². The van der Waals surface area contributed by atoms with E-state index in [0.29, 0.717) is 34.2 Å². The first-order valence-electron chi connectivity index (χ1n) is 12.1. The molecule has 3 N–H and O–H groups in total. The van der Waals surface area contributed by atoms with Crippen molar-refractivity contribution in [2.45, 2.75) is 26.1 Å². The van der Waals surface area contributed by atoms with E-state index in [9.17, 15) is 23.1 Å². The van der Waals surface area contributed by atoms with E-state index < -0.39 is 12.3 Å². The zero-order valence-electron chi connectivity index (χ0n) is 21.7. The zero-order valence-corrected chi connectivity index (χ0v) is 21.7. The number of carbonyl (C=O) groups excluding carboxylic acids is 1. The van der Waals surface area contributed by atoms with Crippen LogP contribution < -0.4 is 20.1 Å². The summed E-state index contributed by atoms with van der Waals surface area (Å²) in [5, 5.41) is 20.2. The SMILES string of the molecule is COc1ccc(NC(O)=CC(=O)Nc2ccc(-c3ncn(-c4ccc(OC(F)(F)F)cc4)n3)cc2)c(C(C)C)c1. The molecule has 4 aromatic rings. The van der Waals surface area contributed by atoms with Gasteiger partial charge in [0.05, 0.1) is 18.9 Å². The highest BCUT2D eigenvalue weighted by Gasteiger charge is 2.31. The number of aromatic nitrogens is 3. The fourth-order valence-electron chi connectivity index (χ4n) is 3.76. The molecule has 208 valence electrons. The van der Waals surface area contributed by atoms with Crippen molar-refractivity contribution < 1.29 is 32.5 Å². The number of nitrogens with zero attached hydrogens (tertiary/aromatic N) is 3. The lowest BCUT2D eigenvalue weighted by Crippen LogP contribution is -2.17. The van der Waals surface area contributed by atoms with Crippen molar-refractivity contribution in [1.29, 1.82) is 0 Å². The van der Waals surface area contributed by atoms with Crippen molar-refractivity contribution in [3.8, 4) is 28.6 Å². The number of anilines is 2. The van der Waals surface area contributed by atoms with E-state index >= 15 is 0 Å². The molecule has 0 unspecified atom stereocenters. The highest BCUT2D eigenvalue weighted by Crippen LogP contribution is 2.29. The second kappa shape index (κ2) is 11.8. The summed E-state index contributed by atoms with van der Waals surface area (Å²) in [5.41, 5.74) is 3.19. The second-order valence-corrected chi connectivity index (χ2v) is 8.88. The van der Waals surface area contributed by atoms with Gasteiger partial charge >= 0.3 is 6.36 Å². The molecule has 0 fully saturated rings. The lowest BCUT2D eigenvalue weighted by molar-refractivity contribution is -0.274. The Bertz CT molecular complexity index is 1500. The van der Waals surface area contributed by atoms with Crippen molar-refractivity contribution in [1.82, 2.24) is 14.8 Å². The van der Waals surface area contributed by atoms with E-state index in [4.69, 9.17) is 4.74 Å². The molecule has 0 saturated carbocycles. The maximum atomic E-state index is 12.4. The van der Waals surface area contributed by atoms with Crippen LogP contribution in [0.4, 0.5) is 24.5 Å². The summed E-state index contributed by atoms with van der Waals surface area (Å²) in [6.45, 7) is 4.01. The highest BCUT2D eigenvalue weighted by molar-refractivity contribution is 5.99. The Balaban J connectivity index is 1.38. The maximum absolute atomic E-state index is 12.4. The summed E-state index contributed by atoms with van der Waals surface area (Å²) < 4.78 is 47.6. The minimum atomic E-state index is -4.77. The molecule has 0 spiro atoms. The molecule has 4 rings (SSSR count). The van der Waals surface area contributed by atoms with Crippen molar-refractivity contribution in [2.24, 2.45) is 0 Å². The standard InChI is InChI=1S/C28H26F3N5O4/c1-17(2)23-14-22(39-3)12-13-24(23)34-26(38)15-25(37)33-19-6-4-18(5-7-19)27-32-16-36(35-27)20-8-10-21(11-9-20)40-28(29,30)31/h4-17,34,38H,1-3H3,(H,33,37). The molecule has 3 aromatic carbocycles. The third kappa shape index (κ3) is 7.31. The topological polar surface area (TPSA) is 111 Å². The minimum Gasteiger partial charge on any atom is -0.497 e. The van der Waals surface area contributed by atoms with Gasteiger partial charge in [0, 0.05) is 16.9 Å². The summed E-state index contributed by atoms with van der Waals surface area (Å²) >= 11 is 0. The first-order chi connectivity index (χ1) is 19.0. The molecule has 0 bridgehead atoms. The van der Waals surface area contributed by atoms with Crippen molar-refractivity contribution in [2.75, 3.05) is 17.7 Å². The van der Waals surface area contributed by atoms with Crippen LogP contribution in [-0.4, -0.2) is 39.3 Å². The lowest BCUT2D eigenvalue weighted by Gasteiger charge is -2.15. The number of amides is 1. The number of carbonyl (C=O) groups is 1. The molecule has 0 radical (unpaired) electrons. The van der Waals surface area contributed by atoms with E-state index in [0.717, 1.165) is 11.6 Å². The van der Waals surface area contributed by atoms with Crippen LogP contribution in [0.3, 0.4) is 0 Å². The minimum absolute atomic E-state index is 0.150. The van der Waals surface area contributed by atoms with Gasteiger partial charge in [-0.2, -0.15) is 0 Å². The van der Waals surface area contributed by atoms with Gasteiger partial charge in [0.2, 0.25) is 0 Å². The van der Waals surface area contributed by atoms with Gasteiger partial charge < -0.3 is 25.2 Å². The molecule has 0 aliphatic carbocycles. The molecule has 9 nitrogen and oxygen atoms in total. The number of alkyl halides is 3. The third-order valence-electron chi connectivity index (χ3n) is 5.65.